The summed E-state index contributed by atoms with van der Waals surface area (Å²) in [7, 11) is 0. The maximum atomic E-state index is 13.0. The van der Waals surface area contributed by atoms with E-state index < -0.39 is 0 Å². The number of ether oxygens (including phenoxy) is 2. The molecule has 3 saturated heterocycles. The summed E-state index contributed by atoms with van der Waals surface area (Å²) in [5.41, 5.74) is 2.85. The Morgan fingerprint density at radius 1 is 1.15 bits per heavy atom. The minimum Gasteiger partial charge on any atom is -0.493 e. The van der Waals surface area contributed by atoms with Crippen LogP contribution in [0.5, 0.6) is 5.75 Å². The number of pyridine rings is 1. The SMILES string of the molecule is CC1(C)COc2cc(-c3cncc4ccccc34)ccc2C1NC(=O)O[C@@H]1CN2CCC1CC2. The number of carbonyl (C=O) groups is 1. The Hall–Kier alpha value is -3.12. The minimum absolute atomic E-state index is 0.00818. The quantitative estimate of drug-likeness (QED) is 0.587. The van der Waals surface area contributed by atoms with Crippen molar-refractivity contribution in [1.29, 1.82) is 0 Å². The van der Waals surface area contributed by atoms with Crippen LogP contribution in [0.25, 0.3) is 21.9 Å². The molecule has 6 heteroatoms. The second-order valence-electron chi connectivity index (χ2n) is 10.6. The van der Waals surface area contributed by atoms with Crippen molar-refractivity contribution in [2.75, 3.05) is 26.2 Å². The van der Waals surface area contributed by atoms with Crippen LogP contribution in [-0.2, 0) is 4.74 Å². The van der Waals surface area contributed by atoms with Crippen molar-refractivity contribution < 1.29 is 14.3 Å². The number of aromatic nitrogens is 1. The number of rotatable bonds is 3. The number of piperidine rings is 3. The lowest BCUT2D eigenvalue weighted by molar-refractivity contribution is -0.0361. The van der Waals surface area contributed by atoms with E-state index in [1.54, 1.807) is 0 Å². The van der Waals surface area contributed by atoms with Gasteiger partial charge in [0.05, 0.1) is 12.6 Å². The van der Waals surface area contributed by atoms with Gasteiger partial charge in [-0.2, -0.15) is 0 Å². The van der Waals surface area contributed by atoms with Gasteiger partial charge in [0.1, 0.15) is 11.9 Å². The molecule has 1 aromatic heterocycles. The van der Waals surface area contributed by atoms with E-state index in [0.29, 0.717) is 12.5 Å². The van der Waals surface area contributed by atoms with Crippen molar-refractivity contribution in [2.24, 2.45) is 11.3 Å². The fraction of sp³-hybridized carbons (Fsp3) is 0.429. The van der Waals surface area contributed by atoms with Crippen LogP contribution >= 0.6 is 0 Å². The normalized spacial score (nSPS) is 27.0. The molecular formula is C28H31N3O3. The van der Waals surface area contributed by atoms with Gasteiger partial charge < -0.3 is 14.8 Å². The Kier molecular flexibility index (Phi) is 5.21. The zero-order valence-corrected chi connectivity index (χ0v) is 19.8. The average Bonchev–Trinajstić information content (AvgIpc) is 2.86. The Labute approximate surface area is 200 Å². The number of hydrogen-bond acceptors (Lipinski definition) is 5. The molecule has 5 heterocycles. The fourth-order valence-corrected chi connectivity index (χ4v) is 5.79. The molecule has 2 atom stereocenters. The number of nitrogens with one attached hydrogen (secondary N) is 1. The fourth-order valence-electron chi connectivity index (χ4n) is 5.79. The van der Waals surface area contributed by atoms with Gasteiger partial charge in [-0.1, -0.05) is 50.2 Å². The molecule has 1 N–H and O–H groups in total. The monoisotopic (exact) mass is 457 g/mol. The van der Waals surface area contributed by atoms with E-state index in [1.807, 2.05) is 24.5 Å². The maximum absolute atomic E-state index is 13.0. The summed E-state index contributed by atoms with van der Waals surface area (Å²) in [6, 6.07) is 14.3. The first-order valence-corrected chi connectivity index (χ1v) is 12.3. The highest BCUT2D eigenvalue weighted by atomic mass is 16.6. The number of hydrogen-bond donors (Lipinski definition) is 1. The van der Waals surface area contributed by atoms with Gasteiger partial charge in [-0.25, -0.2) is 4.79 Å². The van der Waals surface area contributed by atoms with Crippen LogP contribution in [-0.4, -0.2) is 48.3 Å². The lowest BCUT2D eigenvalue weighted by atomic mass is 9.78. The third-order valence-electron chi connectivity index (χ3n) is 7.80. The molecular weight excluding hydrogens is 426 g/mol. The van der Waals surface area contributed by atoms with E-state index in [2.05, 4.69) is 59.4 Å². The van der Waals surface area contributed by atoms with Crippen LogP contribution in [0.3, 0.4) is 0 Å². The van der Waals surface area contributed by atoms with E-state index in [1.165, 1.54) is 0 Å². The first kappa shape index (κ1) is 21.4. The molecule has 4 aliphatic heterocycles. The Bertz CT molecular complexity index is 1230. The molecule has 6 nitrogen and oxygen atoms in total. The molecule has 4 aliphatic rings. The molecule has 7 rings (SSSR count). The lowest BCUT2D eigenvalue weighted by Gasteiger charge is -2.44. The number of alkyl carbamates (subject to hydrolysis) is 1. The lowest BCUT2D eigenvalue weighted by Crippen LogP contribution is -2.53. The van der Waals surface area contributed by atoms with E-state index in [4.69, 9.17) is 9.47 Å². The summed E-state index contributed by atoms with van der Waals surface area (Å²) < 4.78 is 12.1. The largest absolute Gasteiger partial charge is 0.493 e. The molecule has 0 aliphatic carbocycles. The van der Waals surface area contributed by atoms with E-state index in [9.17, 15) is 4.79 Å². The predicted octanol–water partition coefficient (Wildman–Crippen LogP) is 5.18. The number of benzene rings is 2. The number of fused-ring (bicyclic) bond motifs is 5. The number of amides is 1. The van der Waals surface area contributed by atoms with Gasteiger partial charge in [-0.3, -0.25) is 9.88 Å². The summed E-state index contributed by atoms with van der Waals surface area (Å²) in [6.07, 6.45) is 5.69. The first-order valence-electron chi connectivity index (χ1n) is 12.3. The predicted molar refractivity (Wildman–Crippen MR) is 132 cm³/mol. The molecule has 2 bridgehead atoms. The van der Waals surface area contributed by atoms with Gasteiger partial charge in [0.25, 0.3) is 0 Å². The average molecular weight is 458 g/mol. The Balaban J connectivity index is 1.26. The van der Waals surface area contributed by atoms with Gasteiger partial charge in [0, 0.05) is 40.9 Å². The van der Waals surface area contributed by atoms with Gasteiger partial charge in [-0.15, -0.1) is 0 Å². The van der Waals surface area contributed by atoms with Crippen LogP contribution in [0.1, 0.15) is 38.3 Å². The molecule has 176 valence electrons. The smallest absolute Gasteiger partial charge is 0.407 e. The second kappa shape index (κ2) is 8.27. The van der Waals surface area contributed by atoms with E-state index >= 15 is 0 Å². The van der Waals surface area contributed by atoms with Crippen molar-refractivity contribution >= 4 is 16.9 Å². The van der Waals surface area contributed by atoms with Crippen molar-refractivity contribution in [3.63, 3.8) is 0 Å². The van der Waals surface area contributed by atoms with Crippen LogP contribution in [0, 0.1) is 11.3 Å². The minimum atomic E-state index is -0.327. The third-order valence-corrected chi connectivity index (χ3v) is 7.80. The molecule has 3 fully saturated rings. The second-order valence-corrected chi connectivity index (χ2v) is 10.6. The van der Waals surface area contributed by atoms with Gasteiger partial charge in [0.15, 0.2) is 0 Å². The summed E-state index contributed by atoms with van der Waals surface area (Å²) >= 11 is 0. The summed E-state index contributed by atoms with van der Waals surface area (Å²) in [5, 5.41) is 5.45. The van der Waals surface area contributed by atoms with Crippen LogP contribution < -0.4 is 10.1 Å². The maximum Gasteiger partial charge on any atom is 0.407 e. The van der Waals surface area contributed by atoms with E-state index in [0.717, 1.165) is 65.7 Å². The third kappa shape index (κ3) is 3.80. The highest BCUT2D eigenvalue weighted by Gasteiger charge is 2.41. The van der Waals surface area contributed by atoms with Gasteiger partial charge in [0.2, 0.25) is 0 Å². The summed E-state index contributed by atoms with van der Waals surface area (Å²) in [6.45, 7) is 7.87. The number of nitrogens with zero attached hydrogens (tertiary/aromatic N) is 2. The Morgan fingerprint density at radius 3 is 2.76 bits per heavy atom. The zero-order chi connectivity index (χ0) is 23.3. The highest BCUT2D eigenvalue weighted by Crippen LogP contribution is 2.44. The molecule has 1 unspecified atom stereocenters. The highest BCUT2D eigenvalue weighted by molar-refractivity contribution is 5.96. The van der Waals surface area contributed by atoms with Crippen molar-refractivity contribution in [1.82, 2.24) is 15.2 Å². The van der Waals surface area contributed by atoms with E-state index in [-0.39, 0.29) is 23.7 Å². The van der Waals surface area contributed by atoms with Crippen LogP contribution in [0.4, 0.5) is 4.79 Å². The topological polar surface area (TPSA) is 63.7 Å². The Morgan fingerprint density at radius 2 is 1.97 bits per heavy atom. The zero-order valence-electron chi connectivity index (χ0n) is 19.8. The van der Waals surface area contributed by atoms with Crippen LogP contribution in [0.2, 0.25) is 0 Å². The molecule has 0 spiro atoms. The van der Waals surface area contributed by atoms with Crippen LogP contribution in [0.15, 0.2) is 54.9 Å². The summed E-state index contributed by atoms with van der Waals surface area (Å²) in [4.78, 5) is 19.8. The van der Waals surface area contributed by atoms with Crippen molar-refractivity contribution in [2.45, 2.75) is 38.8 Å². The number of carbonyl (C=O) groups excluding carboxylic acids is 1. The molecule has 34 heavy (non-hydrogen) atoms. The summed E-state index contributed by atoms with van der Waals surface area (Å²) in [5.74, 6) is 1.29. The van der Waals surface area contributed by atoms with Crippen molar-refractivity contribution in [3.05, 3.63) is 60.4 Å². The molecule has 0 saturated carbocycles. The molecule has 0 radical (unpaired) electrons. The van der Waals surface area contributed by atoms with Gasteiger partial charge in [-0.05, 0) is 48.9 Å². The standard InChI is InChI=1S/C28H31N3O3/c1-28(2)17-33-24-13-19(23-15-29-14-20-5-3-4-6-21(20)23)7-8-22(24)26(28)30-27(32)34-25-16-31-11-9-18(25)10-12-31/h3-8,13-15,18,25-26H,9-12,16-17H2,1-2H3,(H,30,32)/t25-,26?/m1/s1. The molecule has 3 aromatic rings. The first-order chi connectivity index (χ1) is 16.5. The molecule has 2 aromatic carbocycles. The van der Waals surface area contributed by atoms with Gasteiger partial charge >= 0.3 is 6.09 Å². The molecule has 1 amide bonds. The van der Waals surface area contributed by atoms with Crippen molar-refractivity contribution in [3.8, 4) is 16.9 Å².